The van der Waals surface area contributed by atoms with Crippen LogP contribution >= 0.6 is 0 Å². The van der Waals surface area contributed by atoms with Crippen molar-refractivity contribution in [1.29, 1.82) is 0 Å². The molecule has 1 aliphatic heterocycles. The number of benzene rings is 2. The first-order valence-electron chi connectivity index (χ1n) is 9.25. The standard InChI is InChI=1S/C21H22N4O3/c1-27-18-8-4-5-9-19(18)28-15-21(26)25-12-10-24(11-13-25)20-14-22-16-6-2-3-7-17(16)23-20/h2-9,14H,10-13,15H2,1H3. The number of nitrogens with zero attached hydrogens (tertiary/aromatic N) is 4. The minimum Gasteiger partial charge on any atom is -0.493 e. The Labute approximate surface area is 163 Å². The van der Waals surface area contributed by atoms with Gasteiger partial charge in [-0.3, -0.25) is 9.78 Å². The zero-order chi connectivity index (χ0) is 19.3. The van der Waals surface area contributed by atoms with Crippen molar-refractivity contribution < 1.29 is 14.3 Å². The van der Waals surface area contributed by atoms with Gasteiger partial charge >= 0.3 is 0 Å². The third-order valence-electron chi connectivity index (χ3n) is 4.81. The SMILES string of the molecule is COc1ccccc1OCC(=O)N1CCN(c2cnc3ccccc3n2)CC1. The van der Waals surface area contributed by atoms with Crippen LogP contribution in [0, 0.1) is 0 Å². The number of ether oxygens (including phenoxy) is 2. The summed E-state index contributed by atoms with van der Waals surface area (Å²) in [6, 6.07) is 15.1. The Kier molecular flexibility index (Phi) is 5.23. The second-order valence-corrected chi connectivity index (χ2v) is 6.52. The average Bonchev–Trinajstić information content (AvgIpc) is 2.77. The number of aromatic nitrogens is 2. The van der Waals surface area contributed by atoms with Gasteiger partial charge in [-0.05, 0) is 24.3 Å². The van der Waals surface area contributed by atoms with Gasteiger partial charge in [0.15, 0.2) is 18.1 Å². The number of methoxy groups -OCH3 is 1. The second-order valence-electron chi connectivity index (χ2n) is 6.52. The van der Waals surface area contributed by atoms with Gasteiger partial charge in [0, 0.05) is 26.2 Å². The van der Waals surface area contributed by atoms with Crippen LogP contribution < -0.4 is 14.4 Å². The summed E-state index contributed by atoms with van der Waals surface area (Å²) in [7, 11) is 1.58. The summed E-state index contributed by atoms with van der Waals surface area (Å²) < 4.78 is 10.9. The van der Waals surface area contributed by atoms with Gasteiger partial charge in [-0.25, -0.2) is 4.98 Å². The first-order chi connectivity index (χ1) is 13.7. The number of anilines is 1. The van der Waals surface area contributed by atoms with Crippen LogP contribution in [-0.4, -0.2) is 60.7 Å². The summed E-state index contributed by atoms with van der Waals surface area (Å²) in [5.41, 5.74) is 1.76. The van der Waals surface area contributed by atoms with Crippen molar-refractivity contribution in [2.45, 2.75) is 0 Å². The molecule has 0 aliphatic carbocycles. The van der Waals surface area contributed by atoms with Crippen LogP contribution in [0.5, 0.6) is 11.5 Å². The molecule has 1 saturated heterocycles. The molecule has 4 rings (SSSR count). The Balaban J connectivity index is 1.33. The van der Waals surface area contributed by atoms with Crippen LogP contribution in [0.3, 0.4) is 0 Å². The summed E-state index contributed by atoms with van der Waals surface area (Å²) in [5.74, 6) is 2.00. The molecule has 3 aromatic rings. The fraction of sp³-hybridized carbons (Fsp3) is 0.286. The van der Waals surface area contributed by atoms with Crippen molar-refractivity contribution >= 4 is 22.8 Å². The number of piperazine rings is 1. The second kappa shape index (κ2) is 8.12. The molecule has 1 fully saturated rings. The zero-order valence-corrected chi connectivity index (χ0v) is 15.7. The number of hydrogen-bond donors (Lipinski definition) is 0. The minimum absolute atomic E-state index is 0.00382. The first-order valence-corrected chi connectivity index (χ1v) is 9.25. The molecule has 0 bridgehead atoms. The predicted molar refractivity (Wildman–Crippen MR) is 107 cm³/mol. The summed E-state index contributed by atoms with van der Waals surface area (Å²) in [4.78, 5) is 25.6. The number of hydrogen-bond acceptors (Lipinski definition) is 6. The summed E-state index contributed by atoms with van der Waals surface area (Å²) >= 11 is 0. The van der Waals surface area contributed by atoms with E-state index in [1.165, 1.54) is 0 Å². The molecule has 1 aliphatic rings. The van der Waals surface area contributed by atoms with E-state index in [0.717, 1.165) is 16.9 Å². The molecule has 0 spiro atoms. The molecule has 0 radical (unpaired) electrons. The van der Waals surface area contributed by atoms with E-state index in [2.05, 4.69) is 14.9 Å². The number of amides is 1. The van der Waals surface area contributed by atoms with E-state index < -0.39 is 0 Å². The lowest BCUT2D eigenvalue weighted by Crippen LogP contribution is -2.50. The Morgan fingerprint density at radius 3 is 2.39 bits per heavy atom. The molecule has 7 heteroatoms. The van der Waals surface area contributed by atoms with Gasteiger partial charge in [0.2, 0.25) is 0 Å². The van der Waals surface area contributed by atoms with Gasteiger partial charge < -0.3 is 19.3 Å². The van der Waals surface area contributed by atoms with Crippen LogP contribution in [0.25, 0.3) is 11.0 Å². The van der Waals surface area contributed by atoms with E-state index in [1.807, 2.05) is 47.4 Å². The number of para-hydroxylation sites is 4. The van der Waals surface area contributed by atoms with Gasteiger partial charge in [0.25, 0.3) is 5.91 Å². The maximum Gasteiger partial charge on any atom is 0.260 e. The van der Waals surface area contributed by atoms with E-state index in [9.17, 15) is 4.79 Å². The molecule has 0 N–H and O–H groups in total. The topological polar surface area (TPSA) is 67.8 Å². The summed E-state index contributed by atoms with van der Waals surface area (Å²) in [6.07, 6.45) is 1.80. The highest BCUT2D eigenvalue weighted by molar-refractivity contribution is 5.78. The average molecular weight is 378 g/mol. The van der Waals surface area contributed by atoms with Crippen molar-refractivity contribution in [2.24, 2.45) is 0 Å². The third kappa shape index (κ3) is 3.83. The molecule has 0 saturated carbocycles. The maximum absolute atomic E-state index is 12.5. The van der Waals surface area contributed by atoms with Gasteiger partial charge in [0.05, 0.1) is 24.3 Å². The summed E-state index contributed by atoms with van der Waals surface area (Å²) in [6.45, 7) is 2.68. The largest absolute Gasteiger partial charge is 0.493 e. The lowest BCUT2D eigenvalue weighted by molar-refractivity contribution is -0.133. The van der Waals surface area contributed by atoms with Crippen LogP contribution in [0.4, 0.5) is 5.82 Å². The Hall–Kier alpha value is -3.35. The summed E-state index contributed by atoms with van der Waals surface area (Å²) in [5, 5.41) is 0. The molecule has 28 heavy (non-hydrogen) atoms. The minimum atomic E-state index is -0.0323. The van der Waals surface area contributed by atoms with E-state index in [-0.39, 0.29) is 12.5 Å². The number of carbonyl (C=O) groups is 1. The molecule has 1 aromatic heterocycles. The molecule has 1 amide bonds. The van der Waals surface area contributed by atoms with E-state index >= 15 is 0 Å². The highest BCUT2D eigenvalue weighted by atomic mass is 16.5. The fourth-order valence-corrected chi connectivity index (χ4v) is 3.25. The molecule has 7 nitrogen and oxygen atoms in total. The number of fused-ring (bicyclic) bond motifs is 1. The van der Waals surface area contributed by atoms with Crippen LogP contribution in [0.2, 0.25) is 0 Å². The smallest absolute Gasteiger partial charge is 0.260 e. The highest BCUT2D eigenvalue weighted by Crippen LogP contribution is 2.25. The molecule has 2 aromatic carbocycles. The molecule has 0 unspecified atom stereocenters. The van der Waals surface area contributed by atoms with Crippen molar-refractivity contribution in [1.82, 2.24) is 14.9 Å². The molecule has 0 atom stereocenters. The maximum atomic E-state index is 12.5. The highest BCUT2D eigenvalue weighted by Gasteiger charge is 2.22. The van der Waals surface area contributed by atoms with Crippen molar-refractivity contribution in [3.8, 4) is 11.5 Å². The Bertz CT molecular complexity index is 971. The van der Waals surface area contributed by atoms with E-state index in [4.69, 9.17) is 9.47 Å². The molecular weight excluding hydrogens is 356 g/mol. The van der Waals surface area contributed by atoms with Crippen LogP contribution in [-0.2, 0) is 4.79 Å². The fourth-order valence-electron chi connectivity index (χ4n) is 3.25. The lowest BCUT2D eigenvalue weighted by Gasteiger charge is -2.35. The van der Waals surface area contributed by atoms with E-state index in [1.54, 1.807) is 19.4 Å². The molecular formula is C21H22N4O3. The van der Waals surface area contributed by atoms with Crippen molar-refractivity contribution in [3.63, 3.8) is 0 Å². The number of carbonyl (C=O) groups excluding carboxylic acids is 1. The van der Waals surface area contributed by atoms with Crippen molar-refractivity contribution in [3.05, 3.63) is 54.7 Å². The first kappa shape index (κ1) is 18.0. The third-order valence-corrected chi connectivity index (χ3v) is 4.81. The van der Waals surface area contributed by atoms with Crippen LogP contribution in [0.15, 0.2) is 54.7 Å². The monoisotopic (exact) mass is 378 g/mol. The molecule has 144 valence electrons. The normalized spacial score (nSPS) is 14.2. The zero-order valence-electron chi connectivity index (χ0n) is 15.7. The lowest BCUT2D eigenvalue weighted by atomic mass is 10.3. The molecule has 2 heterocycles. The Morgan fingerprint density at radius 2 is 1.64 bits per heavy atom. The van der Waals surface area contributed by atoms with E-state index in [0.29, 0.717) is 37.7 Å². The quantitative estimate of drug-likeness (QED) is 0.679. The van der Waals surface area contributed by atoms with Crippen molar-refractivity contribution in [2.75, 3.05) is 44.8 Å². The van der Waals surface area contributed by atoms with Crippen LogP contribution in [0.1, 0.15) is 0 Å². The number of rotatable bonds is 5. The van der Waals surface area contributed by atoms with Gasteiger partial charge in [-0.2, -0.15) is 0 Å². The van der Waals surface area contributed by atoms with Gasteiger partial charge in [0.1, 0.15) is 5.82 Å². The Morgan fingerprint density at radius 1 is 0.964 bits per heavy atom. The van der Waals surface area contributed by atoms with Gasteiger partial charge in [-0.1, -0.05) is 24.3 Å². The van der Waals surface area contributed by atoms with Gasteiger partial charge in [-0.15, -0.1) is 0 Å². The predicted octanol–water partition coefficient (Wildman–Crippen LogP) is 2.37.